The maximum atomic E-state index is 12.1. The lowest BCUT2D eigenvalue weighted by Crippen LogP contribution is -2.20. The van der Waals surface area contributed by atoms with E-state index in [2.05, 4.69) is 30.3 Å². The van der Waals surface area contributed by atoms with Gasteiger partial charge in [0.15, 0.2) is 0 Å². The van der Waals surface area contributed by atoms with Gasteiger partial charge in [0.05, 0.1) is 6.10 Å². The monoisotopic (exact) mass is 414 g/mol. The minimum absolute atomic E-state index is 0.110. The third-order valence-electron chi connectivity index (χ3n) is 6.85. The third kappa shape index (κ3) is 12.5. The molecule has 2 rings (SSSR count). The number of rotatable bonds is 17. The zero-order valence-corrected chi connectivity index (χ0v) is 19.3. The molecule has 2 heteroatoms. The number of ketones is 1. The molecular formula is C28H46O2. The fourth-order valence-corrected chi connectivity index (χ4v) is 4.84. The first-order valence-corrected chi connectivity index (χ1v) is 13.0. The summed E-state index contributed by atoms with van der Waals surface area (Å²) in [5.41, 5.74) is 1.48. The van der Waals surface area contributed by atoms with Gasteiger partial charge in [0.1, 0.15) is 5.78 Å². The number of unbranched alkanes of at least 4 members (excludes halogenated alkanes) is 11. The largest absolute Gasteiger partial charge is 0.393 e. The minimum Gasteiger partial charge on any atom is -0.393 e. The fourth-order valence-electron chi connectivity index (χ4n) is 4.84. The molecule has 1 saturated carbocycles. The Labute approximate surface area is 185 Å². The lowest BCUT2D eigenvalue weighted by Gasteiger charge is -2.24. The normalized spacial score (nSPS) is 19.1. The van der Waals surface area contributed by atoms with Crippen molar-refractivity contribution in [3.05, 3.63) is 35.9 Å². The van der Waals surface area contributed by atoms with Crippen molar-refractivity contribution in [3.63, 3.8) is 0 Å². The van der Waals surface area contributed by atoms with E-state index in [1.165, 1.54) is 82.6 Å². The van der Waals surface area contributed by atoms with Crippen molar-refractivity contribution >= 4 is 5.78 Å². The van der Waals surface area contributed by atoms with Gasteiger partial charge in [-0.2, -0.15) is 0 Å². The van der Waals surface area contributed by atoms with Crippen molar-refractivity contribution in [2.45, 2.75) is 128 Å². The first-order valence-electron chi connectivity index (χ1n) is 13.0. The molecule has 0 bridgehead atoms. The van der Waals surface area contributed by atoms with Gasteiger partial charge in [-0.3, -0.25) is 4.79 Å². The molecule has 1 aliphatic rings. The van der Waals surface area contributed by atoms with E-state index in [-0.39, 0.29) is 6.10 Å². The van der Waals surface area contributed by atoms with Crippen LogP contribution in [-0.2, 0) is 11.2 Å². The number of aliphatic hydroxyl groups excluding tert-OH is 1. The molecule has 0 heterocycles. The molecule has 1 N–H and O–H groups in total. The molecule has 0 spiro atoms. The number of carbonyl (C=O) groups excluding carboxylic acids is 1. The maximum Gasteiger partial charge on any atom is 0.133 e. The molecule has 1 aromatic rings. The van der Waals surface area contributed by atoms with Crippen LogP contribution in [0.25, 0.3) is 0 Å². The van der Waals surface area contributed by atoms with E-state index in [1.54, 1.807) is 0 Å². The molecule has 0 aliphatic heterocycles. The van der Waals surface area contributed by atoms with Crippen molar-refractivity contribution in [3.8, 4) is 0 Å². The highest BCUT2D eigenvalue weighted by atomic mass is 16.3. The van der Waals surface area contributed by atoms with Crippen LogP contribution in [0.4, 0.5) is 0 Å². The van der Waals surface area contributed by atoms with Crippen molar-refractivity contribution in [2.75, 3.05) is 0 Å². The fraction of sp³-hybridized carbons (Fsp3) is 0.750. The Balaban J connectivity index is 1.28. The molecule has 0 radical (unpaired) electrons. The van der Waals surface area contributed by atoms with Gasteiger partial charge < -0.3 is 5.11 Å². The van der Waals surface area contributed by atoms with Gasteiger partial charge in [-0.15, -0.1) is 0 Å². The maximum absolute atomic E-state index is 12.1. The van der Waals surface area contributed by atoms with Gasteiger partial charge in [-0.05, 0) is 56.4 Å². The number of carbonyl (C=O) groups is 1. The number of hydrogen-bond donors (Lipinski definition) is 1. The number of aliphatic hydroxyl groups is 1. The lowest BCUT2D eigenvalue weighted by molar-refractivity contribution is -0.120. The topological polar surface area (TPSA) is 37.3 Å². The molecule has 0 amide bonds. The zero-order chi connectivity index (χ0) is 21.3. The zero-order valence-electron chi connectivity index (χ0n) is 19.3. The summed E-state index contributed by atoms with van der Waals surface area (Å²) in [5.74, 6) is 1.00. The second-order valence-corrected chi connectivity index (χ2v) is 9.65. The molecule has 30 heavy (non-hydrogen) atoms. The van der Waals surface area contributed by atoms with E-state index in [9.17, 15) is 9.90 Å². The Morgan fingerprint density at radius 3 is 1.77 bits per heavy atom. The quantitative estimate of drug-likeness (QED) is 0.264. The van der Waals surface area contributed by atoms with Crippen LogP contribution in [-0.4, -0.2) is 17.0 Å². The minimum atomic E-state index is -0.110. The van der Waals surface area contributed by atoms with Crippen molar-refractivity contribution in [1.82, 2.24) is 0 Å². The van der Waals surface area contributed by atoms with E-state index in [0.717, 1.165) is 44.9 Å². The highest BCUT2D eigenvalue weighted by Gasteiger charge is 2.21. The molecule has 1 fully saturated rings. The number of hydrogen-bond acceptors (Lipinski definition) is 2. The van der Waals surface area contributed by atoms with Crippen LogP contribution in [0.1, 0.15) is 121 Å². The molecule has 1 aromatic carbocycles. The van der Waals surface area contributed by atoms with Gasteiger partial charge in [0.2, 0.25) is 0 Å². The van der Waals surface area contributed by atoms with E-state index in [1.807, 2.05) is 0 Å². The molecular weight excluding hydrogens is 368 g/mol. The van der Waals surface area contributed by atoms with Crippen LogP contribution in [0.2, 0.25) is 0 Å². The Morgan fingerprint density at radius 2 is 1.20 bits per heavy atom. The Morgan fingerprint density at radius 1 is 0.700 bits per heavy atom. The van der Waals surface area contributed by atoms with Gasteiger partial charge in [-0.25, -0.2) is 0 Å². The molecule has 0 saturated heterocycles. The molecule has 170 valence electrons. The van der Waals surface area contributed by atoms with Crippen LogP contribution >= 0.6 is 0 Å². The standard InChI is InChI=1S/C28H46O2/c29-27-22-20-26(21-23-27)24-28(30)19-15-10-8-6-4-2-1-3-5-7-9-12-16-25-17-13-11-14-18-25/h11,13-14,17-18,26-27,29H,1-10,12,15-16,19-24H2. The molecule has 1 aliphatic carbocycles. The summed E-state index contributed by atoms with van der Waals surface area (Å²) in [6, 6.07) is 10.8. The average molecular weight is 415 g/mol. The van der Waals surface area contributed by atoms with Gasteiger partial charge in [0.25, 0.3) is 0 Å². The first kappa shape index (κ1) is 25.1. The second kappa shape index (κ2) is 16.5. The van der Waals surface area contributed by atoms with Crippen LogP contribution in [0, 0.1) is 5.92 Å². The predicted octanol–water partition coefficient (Wildman–Crippen LogP) is 7.81. The lowest BCUT2D eigenvalue weighted by atomic mass is 9.84. The average Bonchev–Trinajstić information content (AvgIpc) is 2.76. The van der Waals surface area contributed by atoms with E-state index < -0.39 is 0 Å². The Bertz CT molecular complexity index is 531. The summed E-state index contributed by atoms with van der Waals surface area (Å²) >= 11 is 0. The molecule has 0 atom stereocenters. The van der Waals surface area contributed by atoms with Gasteiger partial charge >= 0.3 is 0 Å². The Hall–Kier alpha value is -1.15. The summed E-state index contributed by atoms with van der Waals surface area (Å²) in [5, 5.41) is 9.55. The molecule has 0 aromatic heterocycles. The Kier molecular flexibility index (Phi) is 13.8. The van der Waals surface area contributed by atoms with Gasteiger partial charge in [-0.1, -0.05) is 94.5 Å². The summed E-state index contributed by atoms with van der Waals surface area (Å²) in [4.78, 5) is 12.1. The third-order valence-corrected chi connectivity index (χ3v) is 6.85. The summed E-state index contributed by atoms with van der Waals surface area (Å²) in [6.07, 6.45) is 22.5. The SMILES string of the molecule is O=C(CCCCCCCCCCCCCCc1ccccc1)CC1CCC(O)CC1. The summed E-state index contributed by atoms with van der Waals surface area (Å²) < 4.78 is 0. The number of Topliss-reactive ketones (excluding diaryl/α,β-unsaturated/α-hetero) is 1. The van der Waals surface area contributed by atoms with E-state index in [0.29, 0.717) is 11.7 Å². The van der Waals surface area contributed by atoms with E-state index >= 15 is 0 Å². The van der Waals surface area contributed by atoms with Crippen LogP contribution in [0.5, 0.6) is 0 Å². The molecule has 0 unspecified atom stereocenters. The first-order chi connectivity index (χ1) is 14.7. The summed E-state index contributed by atoms with van der Waals surface area (Å²) in [6.45, 7) is 0. The van der Waals surface area contributed by atoms with E-state index in [4.69, 9.17) is 0 Å². The van der Waals surface area contributed by atoms with Crippen LogP contribution in [0.15, 0.2) is 30.3 Å². The summed E-state index contributed by atoms with van der Waals surface area (Å²) in [7, 11) is 0. The van der Waals surface area contributed by atoms with Crippen molar-refractivity contribution < 1.29 is 9.90 Å². The number of aryl methyl sites for hydroxylation is 1. The second-order valence-electron chi connectivity index (χ2n) is 9.65. The van der Waals surface area contributed by atoms with Crippen LogP contribution < -0.4 is 0 Å². The highest BCUT2D eigenvalue weighted by Crippen LogP contribution is 2.27. The van der Waals surface area contributed by atoms with Crippen LogP contribution in [0.3, 0.4) is 0 Å². The predicted molar refractivity (Wildman–Crippen MR) is 128 cm³/mol. The highest BCUT2D eigenvalue weighted by molar-refractivity contribution is 5.78. The van der Waals surface area contributed by atoms with Crippen molar-refractivity contribution in [1.29, 1.82) is 0 Å². The van der Waals surface area contributed by atoms with Gasteiger partial charge in [0, 0.05) is 12.8 Å². The van der Waals surface area contributed by atoms with Crippen molar-refractivity contribution in [2.24, 2.45) is 5.92 Å². The molecule has 2 nitrogen and oxygen atoms in total. The number of benzene rings is 1. The smallest absolute Gasteiger partial charge is 0.133 e.